The molecule has 2 heterocycles. The van der Waals surface area contributed by atoms with E-state index in [1.54, 1.807) is 9.80 Å². The van der Waals surface area contributed by atoms with Gasteiger partial charge in [-0.25, -0.2) is 0 Å². The molecule has 0 bridgehead atoms. The SMILES string of the molecule is CN(C(=O)CN1CCCCCC1=O)C1CCNC1. The molecule has 0 aromatic heterocycles. The molecule has 5 heteroatoms. The van der Waals surface area contributed by atoms with Gasteiger partial charge in [0.2, 0.25) is 11.8 Å². The molecule has 0 saturated carbocycles. The Labute approximate surface area is 108 Å². The Kier molecular flexibility index (Phi) is 4.58. The highest BCUT2D eigenvalue weighted by Gasteiger charge is 2.26. The van der Waals surface area contributed by atoms with Crippen molar-refractivity contribution in [3.63, 3.8) is 0 Å². The van der Waals surface area contributed by atoms with E-state index in [9.17, 15) is 9.59 Å². The Hall–Kier alpha value is -1.10. The predicted molar refractivity (Wildman–Crippen MR) is 69.1 cm³/mol. The lowest BCUT2D eigenvalue weighted by Gasteiger charge is -2.27. The minimum absolute atomic E-state index is 0.0685. The van der Waals surface area contributed by atoms with Crippen LogP contribution in [0.15, 0.2) is 0 Å². The van der Waals surface area contributed by atoms with Crippen molar-refractivity contribution in [2.45, 2.75) is 38.1 Å². The summed E-state index contributed by atoms with van der Waals surface area (Å²) in [5.41, 5.74) is 0. The zero-order valence-corrected chi connectivity index (χ0v) is 11.2. The van der Waals surface area contributed by atoms with E-state index in [-0.39, 0.29) is 18.4 Å². The van der Waals surface area contributed by atoms with Gasteiger partial charge in [-0.1, -0.05) is 6.42 Å². The molecule has 0 radical (unpaired) electrons. The van der Waals surface area contributed by atoms with Gasteiger partial charge in [0.1, 0.15) is 0 Å². The fraction of sp³-hybridized carbons (Fsp3) is 0.846. The largest absolute Gasteiger partial charge is 0.340 e. The van der Waals surface area contributed by atoms with Crippen LogP contribution in [0, 0.1) is 0 Å². The van der Waals surface area contributed by atoms with E-state index in [1.807, 2.05) is 7.05 Å². The Morgan fingerprint density at radius 1 is 1.44 bits per heavy atom. The lowest BCUT2D eigenvalue weighted by molar-refractivity contribution is -0.140. The van der Waals surface area contributed by atoms with Gasteiger partial charge < -0.3 is 15.1 Å². The summed E-state index contributed by atoms with van der Waals surface area (Å²) in [7, 11) is 1.85. The van der Waals surface area contributed by atoms with Crippen molar-refractivity contribution in [3.8, 4) is 0 Å². The zero-order valence-electron chi connectivity index (χ0n) is 11.2. The standard InChI is InChI=1S/C13H23N3O2/c1-15(11-6-7-14-9-11)13(18)10-16-8-4-2-3-5-12(16)17/h11,14H,2-10H2,1H3. The van der Waals surface area contributed by atoms with Gasteiger partial charge in [-0.15, -0.1) is 0 Å². The third kappa shape index (κ3) is 3.22. The number of hydrogen-bond donors (Lipinski definition) is 1. The molecule has 0 aromatic rings. The second-order valence-corrected chi connectivity index (χ2v) is 5.28. The van der Waals surface area contributed by atoms with Crippen molar-refractivity contribution >= 4 is 11.8 Å². The summed E-state index contributed by atoms with van der Waals surface area (Å²) in [6, 6.07) is 0.291. The van der Waals surface area contributed by atoms with Crippen LogP contribution in [0.25, 0.3) is 0 Å². The predicted octanol–water partition coefficient (Wildman–Crippen LogP) is 0.209. The van der Waals surface area contributed by atoms with Crippen molar-refractivity contribution in [3.05, 3.63) is 0 Å². The van der Waals surface area contributed by atoms with Gasteiger partial charge in [0, 0.05) is 32.6 Å². The highest BCUT2D eigenvalue weighted by Crippen LogP contribution is 2.12. The van der Waals surface area contributed by atoms with Crippen molar-refractivity contribution in [2.75, 3.05) is 33.2 Å². The quantitative estimate of drug-likeness (QED) is 0.782. The molecule has 2 fully saturated rings. The fourth-order valence-electron chi connectivity index (χ4n) is 2.65. The van der Waals surface area contributed by atoms with Crippen LogP contribution in [0.2, 0.25) is 0 Å². The molecule has 1 atom stereocenters. The summed E-state index contributed by atoms with van der Waals surface area (Å²) in [5, 5.41) is 3.26. The van der Waals surface area contributed by atoms with Crippen LogP contribution < -0.4 is 5.32 Å². The molecule has 0 aliphatic carbocycles. The van der Waals surface area contributed by atoms with Crippen LogP contribution >= 0.6 is 0 Å². The van der Waals surface area contributed by atoms with Crippen molar-refractivity contribution in [1.29, 1.82) is 0 Å². The first-order chi connectivity index (χ1) is 8.68. The molecule has 5 nitrogen and oxygen atoms in total. The number of amides is 2. The molecule has 18 heavy (non-hydrogen) atoms. The number of carbonyl (C=O) groups is 2. The number of rotatable bonds is 3. The average molecular weight is 253 g/mol. The number of carbonyl (C=O) groups excluding carboxylic acids is 2. The van der Waals surface area contributed by atoms with Crippen molar-refractivity contribution < 1.29 is 9.59 Å². The van der Waals surface area contributed by atoms with Crippen LogP contribution in [0.1, 0.15) is 32.1 Å². The summed E-state index contributed by atoms with van der Waals surface area (Å²) in [5.74, 6) is 0.206. The third-order valence-electron chi connectivity index (χ3n) is 3.97. The molecule has 2 aliphatic rings. The Balaban J connectivity index is 1.86. The molecule has 0 spiro atoms. The molecular weight excluding hydrogens is 230 g/mol. The van der Waals surface area contributed by atoms with Crippen molar-refractivity contribution in [1.82, 2.24) is 15.1 Å². The van der Waals surface area contributed by atoms with E-state index in [0.717, 1.165) is 45.3 Å². The van der Waals surface area contributed by atoms with Crippen LogP contribution in [-0.4, -0.2) is 60.9 Å². The van der Waals surface area contributed by atoms with Crippen molar-refractivity contribution in [2.24, 2.45) is 0 Å². The maximum absolute atomic E-state index is 12.2. The Morgan fingerprint density at radius 2 is 2.28 bits per heavy atom. The topological polar surface area (TPSA) is 52.7 Å². The van der Waals surface area contributed by atoms with Gasteiger partial charge >= 0.3 is 0 Å². The van der Waals surface area contributed by atoms with E-state index in [0.29, 0.717) is 12.5 Å². The molecule has 0 aromatic carbocycles. The first-order valence-electron chi connectivity index (χ1n) is 6.92. The smallest absolute Gasteiger partial charge is 0.242 e. The number of hydrogen-bond acceptors (Lipinski definition) is 3. The van der Waals surface area contributed by atoms with E-state index in [2.05, 4.69) is 5.32 Å². The van der Waals surface area contributed by atoms with Gasteiger partial charge in [-0.05, 0) is 25.8 Å². The number of nitrogens with zero attached hydrogens (tertiary/aromatic N) is 2. The van der Waals surface area contributed by atoms with Gasteiger partial charge in [0.05, 0.1) is 6.54 Å². The lowest BCUT2D eigenvalue weighted by Crippen LogP contribution is -2.45. The first kappa shape index (κ1) is 13.3. The monoisotopic (exact) mass is 253 g/mol. The molecule has 2 rings (SSSR count). The summed E-state index contributed by atoms with van der Waals surface area (Å²) < 4.78 is 0. The number of likely N-dealkylation sites (N-methyl/N-ethyl adjacent to an activating group) is 1. The highest BCUT2D eigenvalue weighted by atomic mass is 16.2. The zero-order chi connectivity index (χ0) is 13.0. The minimum atomic E-state index is 0.0685. The van der Waals surface area contributed by atoms with E-state index >= 15 is 0 Å². The van der Waals surface area contributed by atoms with Crippen LogP contribution in [0.4, 0.5) is 0 Å². The van der Waals surface area contributed by atoms with Gasteiger partial charge in [-0.3, -0.25) is 9.59 Å². The summed E-state index contributed by atoms with van der Waals surface area (Å²) in [6.07, 6.45) is 4.69. The van der Waals surface area contributed by atoms with Gasteiger partial charge in [0.15, 0.2) is 0 Å². The molecule has 2 amide bonds. The summed E-state index contributed by atoms with van der Waals surface area (Å²) >= 11 is 0. The fourth-order valence-corrected chi connectivity index (χ4v) is 2.65. The molecule has 1 unspecified atom stereocenters. The Bertz CT molecular complexity index is 313. The average Bonchev–Trinajstić information content (AvgIpc) is 2.82. The molecule has 2 aliphatic heterocycles. The maximum atomic E-state index is 12.2. The third-order valence-corrected chi connectivity index (χ3v) is 3.97. The second-order valence-electron chi connectivity index (χ2n) is 5.28. The van der Waals surface area contributed by atoms with E-state index in [1.165, 1.54) is 0 Å². The normalized spacial score (nSPS) is 25.1. The summed E-state index contributed by atoms with van der Waals surface area (Å²) in [4.78, 5) is 27.5. The van der Waals surface area contributed by atoms with Crippen LogP contribution in [-0.2, 0) is 9.59 Å². The maximum Gasteiger partial charge on any atom is 0.242 e. The second kappa shape index (κ2) is 6.18. The Morgan fingerprint density at radius 3 is 3.00 bits per heavy atom. The van der Waals surface area contributed by atoms with E-state index in [4.69, 9.17) is 0 Å². The van der Waals surface area contributed by atoms with Crippen LogP contribution in [0.5, 0.6) is 0 Å². The molecule has 2 saturated heterocycles. The number of nitrogens with one attached hydrogen (secondary N) is 1. The van der Waals surface area contributed by atoms with E-state index < -0.39 is 0 Å². The molecular formula is C13H23N3O2. The van der Waals surface area contributed by atoms with Gasteiger partial charge in [0.25, 0.3) is 0 Å². The minimum Gasteiger partial charge on any atom is -0.340 e. The lowest BCUT2D eigenvalue weighted by atomic mass is 10.2. The van der Waals surface area contributed by atoms with Gasteiger partial charge in [-0.2, -0.15) is 0 Å². The molecule has 1 N–H and O–H groups in total. The first-order valence-corrected chi connectivity index (χ1v) is 6.92. The highest BCUT2D eigenvalue weighted by molar-refractivity contribution is 5.85. The molecule has 102 valence electrons. The summed E-state index contributed by atoms with van der Waals surface area (Å²) in [6.45, 7) is 2.84. The van der Waals surface area contributed by atoms with Crippen LogP contribution in [0.3, 0.4) is 0 Å². The number of likely N-dealkylation sites (tertiary alicyclic amines) is 1.